The fourth-order valence-corrected chi connectivity index (χ4v) is 1.96. The fourth-order valence-electron chi connectivity index (χ4n) is 1.96. The van der Waals surface area contributed by atoms with Gasteiger partial charge in [0.25, 0.3) is 0 Å². The summed E-state index contributed by atoms with van der Waals surface area (Å²) < 4.78 is 13.1. The number of hydrogen-bond donors (Lipinski definition) is 0. The second-order valence-electron chi connectivity index (χ2n) is 4.12. The first kappa shape index (κ1) is 12.1. The van der Waals surface area contributed by atoms with Gasteiger partial charge in [-0.2, -0.15) is 5.26 Å². The molecule has 0 heterocycles. The molecule has 90 valence electrons. The van der Waals surface area contributed by atoms with Crippen LogP contribution in [0.15, 0.2) is 42.5 Å². The third-order valence-electron chi connectivity index (χ3n) is 2.92. The summed E-state index contributed by atoms with van der Waals surface area (Å²) in [5.41, 5.74) is 3.14. The van der Waals surface area contributed by atoms with E-state index in [-0.39, 0.29) is 0 Å². The van der Waals surface area contributed by atoms with E-state index in [2.05, 4.69) is 0 Å². The van der Waals surface area contributed by atoms with E-state index in [0.717, 1.165) is 11.3 Å². The van der Waals surface area contributed by atoms with Gasteiger partial charge in [-0.25, -0.2) is 4.39 Å². The molecule has 2 nitrogen and oxygen atoms in total. The van der Waals surface area contributed by atoms with Gasteiger partial charge in [0.05, 0.1) is 11.3 Å². The first-order valence-corrected chi connectivity index (χ1v) is 5.62. The van der Waals surface area contributed by atoms with Crippen LogP contribution >= 0.6 is 0 Å². The van der Waals surface area contributed by atoms with Gasteiger partial charge in [-0.05, 0) is 36.8 Å². The fraction of sp³-hybridized carbons (Fsp3) is 0.133. The highest BCUT2D eigenvalue weighted by Crippen LogP contribution is 2.29. The Morgan fingerprint density at radius 2 is 1.83 bits per heavy atom. The first-order chi connectivity index (χ1) is 8.63. The van der Waals surface area contributed by atoms with E-state index in [1.54, 1.807) is 6.07 Å². The van der Waals surface area contributed by atoms with Gasteiger partial charge < -0.3 is 4.90 Å². The van der Waals surface area contributed by atoms with Gasteiger partial charge in [0.2, 0.25) is 0 Å². The van der Waals surface area contributed by atoms with Crippen LogP contribution in [0, 0.1) is 24.1 Å². The Bertz CT molecular complexity index is 614. The van der Waals surface area contributed by atoms with Crippen LogP contribution in [0.2, 0.25) is 0 Å². The van der Waals surface area contributed by atoms with Crippen LogP contribution in [0.1, 0.15) is 11.1 Å². The third kappa shape index (κ3) is 2.18. The van der Waals surface area contributed by atoms with Crippen molar-refractivity contribution in [1.82, 2.24) is 0 Å². The summed E-state index contributed by atoms with van der Waals surface area (Å²) in [6.07, 6.45) is 0. The average molecular weight is 240 g/mol. The molecule has 0 saturated heterocycles. The Labute approximate surface area is 106 Å². The van der Waals surface area contributed by atoms with Crippen LogP contribution in [0.5, 0.6) is 0 Å². The molecule has 0 aliphatic heterocycles. The largest absolute Gasteiger partial charge is 0.343 e. The van der Waals surface area contributed by atoms with Crippen molar-refractivity contribution >= 4 is 11.4 Å². The van der Waals surface area contributed by atoms with E-state index < -0.39 is 5.82 Å². The summed E-state index contributed by atoms with van der Waals surface area (Å²) in [7, 11) is 1.87. The van der Waals surface area contributed by atoms with E-state index in [1.165, 1.54) is 12.1 Å². The van der Waals surface area contributed by atoms with Crippen molar-refractivity contribution < 1.29 is 4.39 Å². The second kappa shape index (κ2) is 4.89. The van der Waals surface area contributed by atoms with Crippen molar-refractivity contribution in [3.8, 4) is 6.07 Å². The quantitative estimate of drug-likeness (QED) is 0.798. The molecule has 0 amide bonds. The minimum Gasteiger partial charge on any atom is -0.343 e. The molecule has 0 radical (unpaired) electrons. The van der Waals surface area contributed by atoms with Gasteiger partial charge in [0, 0.05) is 12.7 Å². The highest BCUT2D eigenvalue weighted by molar-refractivity contribution is 5.70. The molecule has 0 aliphatic carbocycles. The SMILES string of the molecule is Cc1ccccc1N(C)c1ccc(F)cc1C#N. The van der Waals surface area contributed by atoms with Gasteiger partial charge in [-0.3, -0.25) is 0 Å². The zero-order valence-electron chi connectivity index (χ0n) is 10.3. The molecule has 0 bridgehead atoms. The maximum absolute atomic E-state index is 13.1. The number of nitriles is 1. The molecular formula is C15H13FN2. The summed E-state index contributed by atoms with van der Waals surface area (Å²) in [5.74, 6) is -0.395. The molecule has 0 fully saturated rings. The van der Waals surface area contributed by atoms with Crippen LogP contribution in [0.3, 0.4) is 0 Å². The lowest BCUT2D eigenvalue weighted by Gasteiger charge is -2.22. The Hall–Kier alpha value is -2.34. The lowest BCUT2D eigenvalue weighted by atomic mass is 10.1. The van der Waals surface area contributed by atoms with E-state index in [9.17, 15) is 4.39 Å². The van der Waals surface area contributed by atoms with Crippen molar-refractivity contribution in [3.05, 3.63) is 59.4 Å². The number of halogens is 1. The Kier molecular flexibility index (Phi) is 3.29. The number of para-hydroxylation sites is 1. The molecule has 0 N–H and O–H groups in total. The normalized spacial score (nSPS) is 9.89. The lowest BCUT2D eigenvalue weighted by Crippen LogP contribution is -2.12. The van der Waals surface area contributed by atoms with Crippen molar-refractivity contribution in [2.24, 2.45) is 0 Å². The highest BCUT2D eigenvalue weighted by Gasteiger charge is 2.11. The molecule has 0 aliphatic rings. The van der Waals surface area contributed by atoms with E-state index in [0.29, 0.717) is 11.3 Å². The maximum Gasteiger partial charge on any atom is 0.124 e. The average Bonchev–Trinajstić information content (AvgIpc) is 2.38. The number of benzene rings is 2. The summed E-state index contributed by atoms with van der Waals surface area (Å²) in [6.45, 7) is 2.00. The van der Waals surface area contributed by atoms with Crippen LogP contribution in [-0.2, 0) is 0 Å². The lowest BCUT2D eigenvalue weighted by molar-refractivity contribution is 0.627. The number of hydrogen-bond acceptors (Lipinski definition) is 2. The zero-order chi connectivity index (χ0) is 13.1. The summed E-state index contributed by atoms with van der Waals surface area (Å²) in [5, 5.41) is 9.06. The van der Waals surface area contributed by atoms with Crippen LogP contribution in [0.25, 0.3) is 0 Å². The molecule has 2 rings (SSSR count). The number of nitrogens with zero attached hydrogens (tertiary/aromatic N) is 2. The van der Waals surface area contributed by atoms with Crippen molar-refractivity contribution in [2.75, 3.05) is 11.9 Å². The van der Waals surface area contributed by atoms with Gasteiger partial charge in [0.15, 0.2) is 0 Å². The van der Waals surface area contributed by atoms with Crippen molar-refractivity contribution in [1.29, 1.82) is 5.26 Å². The Balaban J connectivity index is 2.50. The number of aryl methyl sites for hydroxylation is 1. The van der Waals surface area contributed by atoms with Gasteiger partial charge in [0.1, 0.15) is 11.9 Å². The van der Waals surface area contributed by atoms with Gasteiger partial charge >= 0.3 is 0 Å². The van der Waals surface area contributed by atoms with Crippen molar-refractivity contribution in [2.45, 2.75) is 6.92 Å². The predicted octanol–water partition coefficient (Wildman–Crippen LogP) is 3.77. The summed E-state index contributed by atoms with van der Waals surface area (Å²) >= 11 is 0. The van der Waals surface area contributed by atoms with Crippen LogP contribution < -0.4 is 4.90 Å². The van der Waals surface area contributed by atoms with Crippen molar-refractivity contribution in [3.63, 3.8) is 0 Å². The Morgan fingerprint density at radius 1 is 1.11 bits per heavy atom. The third-order valence-corrected chi connectivity index (χ3v) is 2.92. The van der Waals surface area contributed by atoms with E-state index >= 15 is 0 Å². The topological polar surface area (TPSA) is 27.0 Å². The predicted molar refractivity (Wildman–Crippen MR) is 70.4 cm³/mol. The second-order valence-corrected chi connectivity index (χ2v) is 4.12. The minimum absolute atomic E-state index is 0.334. The monoisotopic (exact) mass is 240 g/mol. The van der Waals surface area contributed by atoms with Gasteiger partial charge in [-0.1, -0.05) is 18.2 Å². The number of anilines is 2. The van der Waals surface area contributed by atoms with E-state index in [1.807, 2.05) is 49.2 Å². The molecule has 0 saturated carbocycles. The highest BCUT2D eigenvalue weighted by atomic mass is 19.1. The first-order valence-electron chi connectivity index (χ1n) is 5.62. The molecule has 3 heteroatoms. The summed E-state index contributed by atoms with van der Waals surface area (Å²) in [6, 6.07) is 14.1. The standard InChI is InChI=1S/C15H13FN2/c1-11-5-3-4-6-14(11)18(2)15-8-7-13(16)9-12(15)10-17/h3-9H,1-2H3. The Morgan fingerprint density at radius 3 is 2.50 bits per heavy atom. The summed E-state index contributed by atoms with van der Waals surface area (Å²) in [4.78, 5) is 1.90. The molecule has 0 aromatic heterocycles. The molecule has 2 aromatic carbocycles. The molecule has 0 atom stereocenters. The molecule has 2 aromatic rings. The van der Waals surface area contributed by atoms with Crippen LogP contribution in [0.4, 0.5) is 15.8 Å². The molecule has 0 unspecified atom stereocenters. The molecular weight excluding hydrogens is 227 g/mol. The molecule has 0 spiro atoms. The van der Waals surface area contributed by atoms with Gasteiger partial charge in [-0.15, -0.1) is 0 Å². The minimum atomic E-state index is -0.395. The van der Waals surface area contributed by atoms with E-state index in [4.69, 9.17) is 5.26 Å². The zero-order valence-corrected chi connectivity index (χ0v) is 10.3. The molecule has 18 heavy (non-hydrogen) atoms. The smallest absolute Gasteiger partial charge is 0.124 e. The number of rotatable bonds is 2. The van der Waals surface area contributed by atoms with Crippen LogP contribution in [-0.4, -0.2) is 7.05 Å². The maximum atomic E-state index is 13.1.